The molecule has 132 valence electrons. The number of Topliss-reactive ketones (excluding diaryl/α,β-unsaturated/α-hetero) is 1. The molecule has 0 aromatic heterocycles. The van der Waals surface area contributed by atoms with E-state index in [1.165, 1.54) is 6.92 Å². The summed E-state index contributed by atoms with van der Waals surface area (Å²) < 4.78 is 16.8. The molecule has 1 aliphatic heterocycles. The van der Waals surface area contributed by atoms with E-state index in [1.807, 2.05) is 6.92 Å². The number of fused-ring (bicyclic) bond motifs is 1. The first-order valence-corrected chi connectivity index (χ1v) is 11.9. The number of hydrogen-bond acceptors (Lipinski definition) is 5. The van der Waals surface area contributed by atoms with Gasteiger partial charge in [0.25, 0.3) is 0 Å². The molecule has 5 nitrogen and oxygen atoms in total. The molecule has 0 fully saturated rings. The Labute approximate surface area is 144 Å². The largest absolute Gasteiger partial charge is 0.496 e. The van der Waals surface area contributed by atoms with Crippen LogP contribution in [0.3, 0.4) is 0 Å². The lowest BCUT2D eigenvalue weighted by Crippen LogP contribution is -2.23. The van der Waals surface area contributed by atoms with Gasteiger partial charge in [0, 0.05) is 25.6 Å². The van der Waals surface area contributed by atoms with Crippen LogP contribution in [0.5, 0.6) is 11.5 Å². The SMILES string of the molecule is COc1c(C)c2c(c(OCC[Si](C)(C)C)c1CC(C)=O)C(=O)OC2. The molecule has 0 saturated heterocycles. The van der Waals surface area contributed by atoms with E-state index in [0.717, 1.165) is 17.2 Å². The summed E-state index contributed by atoms with van der Waals surface area (Å²) in [6.07, 6.45) is 0.173. The van der Waals surface area contributed by atoms with Crippen LogP contribution in [0.4, 0.5) is 0 Å². The third-order valence-electron chi connectivity index (χ3n) is 4.15. The molecular formula is C18H26O5Si. The fraction of sp³-hybridized carbons (Fsp3) is 0.556. The number of benzene rings is 1. The molecule has 0 bridgehead atoms. The zero-order chi connectivity index (χ0) is 18.1. The fourth-order valence-electron chi connectivity index (χ4n) is 2.85. The normalized spacial score (nSPS) is 13.5. The molecule has 0 N–H and O–H groups in total. The van der Waals surface area contributed by atoms with Crippen LogP contribution < -0.4 is 9.47 Å². The molecule has 0 saturated carbocycles. The van der Waals surface area contributed by atoms with Gasteiger partial charge in [-0.05, 0) is 25.5 Å². The second-order valence-corrected chi connectivity index (χ2v) is 13.1. The quantitative estimate of drug-likeness (QED) is 0.556. The number of methoxy groups -OCH3 is 1. The Morgan fingerprint density at radius 2 is 1.92 bits per heavy atom. The van der Waals surface area contributed by atoms with E-state index in [-0.39, 0.29) is 24.8 Å². The van der Waals surface area contributed by atoms with Gasteiger partial charge in [0.2, 0.25) is 0 Å². The third kappa shape index (κ3) is 3.80. The summed E-state index contributed by atoms with van der Waals surface area (Å²) in [4.78, 5) is 24.0. The van der Waals surface area contributed by atoms with E-state index in [0.29, 0.717) is 29.2 Å². The number of esters is 1. The van der Waals surface area contributed by atoms with E-state index >= 15 is 0 Å². The van der Waals surface area contributed by atoms with Crippen molar-refractivity contribution in [2.75, 3.05) is 13.7 Å². The molecule has 1 heterocycles. The molecule has 6 heteroatoms. The van der Waals surface area contributed by atoms with E-state index in [1.54, 1.807) is 7.11 Å². The maximum absolute atomic E-state index is 12.2. The van der Waals surface area contributed by atoms with Crippen LogP contribution in [0, 0.1) is 6.92 Å². The molecule has 0 atom stereocenters. The van der Waals surface area contributed by atoms with Gasteiger partial charge in [0.05, 0.1) is 13.7 Å². The first-order valence-electron chi connectivity index (χ1n) is 8.17. The molecule has 0 spiro atoms. The first kappa shape index (κ1) is 18.5. The van der Waals surface area contributed by atoms with Crippen molar-refractivity contribution < 1.29 is 23.8 Å². The number of carbonyl (C=O) groups is 2. The monoisotopic (exact) mass is 350 g/mol. The van der Waals surface area contributed by atoms with Gasteiger partial charge >= 0.3 is 5.97 Å². The number of ketones is 1. The highest BCUT2D eigenvalue weighted by atomic mass is 28.3. The average Bonchev–Trinajstić information content (AvgIpc) is 2.83. The highest BCUT2D eigenvalue weighted by Gasteiger charge is 2.33. The summed E-state index contributed by atoms with van der Waals surface area (Å²) in [6.45, 7) is 10.9. The lowest BCUT2D eigenvalue weighted by atomic mass is 9.94. The highest BCUT2D eigenvalue weighted by Crippen LogP contribution is 2.42. The number of carbonyl (C=O) groups excluding carboxylic acids is 2. The molecular weight excluding hydrogens is 324 g/mol. The molecule has 1 aromatic carbocycles. The summed E-state index contributed by atoms with van der Waals surface area (Å²) in [5.74, 6) is 0.686. The standard InChI is InChI=1S/C18H26O5Si/c1-11(19)9-13-16(21-3)12(2)14-10-23-18(20)15(14)17(13)22-7-8-24(4,5)6/h7-10H2,1-6H3. The molecule has 0 amide bonds. The second kappa shape index (κ2) is 6.97. The van der Waals surface area contributed by atoms with Crippen LogP contribution in [-0.2, 0) is 22.6 Å². The van der Waals surface area contributed by atoms with Crippen molar-refractivity contribution in [3.05, 3.63) is 22.3 Å². The van der Waals surface area contributed by atoms with Crippen molar-refractivity contribution in [1.29, 1.82) is 0 Å². The lowest BCUT2D eigenvalue weighted by molar-refractivity contribution is -0.116. The minimum absolute atomic E-state index is 0.00550. The predicted molar refractivity (Wildman–Crippen MR) is 94.9 cm³/mol. The lowest BCUT2D eigenvalue weighted by Gasteiger charge is -2.21. The Hall–Kier alpha value is -1.82. The molecule has 1 aliphatic rings. The van der Waals surface area contributed by atoms with Gasteiger partial charge in [0.15, 0.2) is 0 Å². The van der Waals surface area contributed by atoms with Gasteiger partial charge in [0.1, 0.15) is 29.5 Å². The Kier molecular flexibility index (Phi) is 5.37. The highest BCUT2D eigenvalue weighted by molar-refractivity contribution is 6.76. The number of cyclic esters (lactones) is 1. The number of ether oxygens (including phenoxy) is 3. The van der Waals surface area contributed by atoms with E-state index in [4.69, 9.17) is 14.2 Å². The summed E-state index contributed by atoms with van der Waals surface area (Å²) >= 11 is 0. The summed E-state index contributed by atoms with van der Waals surface area (Å²) in [6, 6.07) is 0.965. The summed E-state index contributed by atoms with van der Waals surface area (Å²) in [7, 11) is 0.296. The van der Waals surface area contributed by atoms with Crippen LogP contribution in [-0.4, -0.2) is 33.5 Å². The Bertz CT molecular complexity index is 673. The van der Waals surface area contributed by atoms with E-state index < -0.39 is 8.07 Å². The fourth-order valence-corrected chi connectivity index (χ4v) is 3.57. The first-order chi connectivity index (χ1) is 11.2. The van der Waals surface area contributed by atoms with Gasteiger partial charge in [-0.3, -0.25) is 4.79 Å². The zero-order valence-electron chi connectivity index (χ0n) is 15.4. The van der Waals surface area contributed by atoms with Crippen molar-refractivity contribution in [2.45, 2.75) is 52.6 Å². The van der Waals surface area contributed by atoms with Crippen molar-refractivity contribution in [3.8, 4) is 11.5 Å². The van der Waals surface area contributed by atoms with Crippen LogP contribution in [0.25, 0.3) is 0 Å². The average molecular weight is 350 g/mol. The Morgan fingerprint density at radius 1 is 1.25 bits per heavy atom. The topological polar surface area (TPSA) is 61.8 Å². The summed E-state index contributed by atoms with van der Waals surface area (Å²) in [5, 5.41) is 0. The van der Waals surface area contributed by atoms with Crippen LogP contribution >= 0.6 is 0 Å². The van der Waals surface area contributed by atoms with Crippen molar-refractivity contribution >= 4 is 19.8 Å². The second-order valence-electron chi connectivity index (χ2n) is 7.43. The van der Waals surface area contributed by atoms with Gasteiger partial charge in [-0.2, -0.15) is 0 Å². The van der Waals surface area contributed by atoms with Gasteiger partial charge in [-0.15, -0.1) is 0 Å². The van der Waals surface area contributed by atoms with Gasteiger partial charge < -0.3 is 14.2 Å². The molecule has 24 heavy (non-hydrogen) atoms. The Morgan fingerprint density at radius 3 is 2.46 bits per heavy atom. The Balaban J connectivity index is 2.53. The third-order valence-corrected chi connectivity index (χ3v) is 5.85. The maximum atomic E-state index is 12.2. The minimum atomic E-state index is -1.28. The van der Waals surface area contributed by atoms with E-state index in [9.17, 15) is 9.59 Å². The number of rotatable bonds is 7. The van der Waals surface area contributed by atoms with Crippen molar-refractivity contribution in [1.82, 2.24) is 0 Å². The summed E-state index contributed by atoms with van der Waals surface area (Å²) in [5.41, 5.74) is 2.75. The molecule has 0 radical (unpaired) electrons. The zero-order valence-corrected chi connectivity index (χ0v) is 16.4. The smallest absolute Gasteiger partial charge is 0.342 e. The molecule has 0 unspecified atom stereocenters. The van der Waals surface area contributed by atoms with Crippen LogP contribution in [0.1, 0.15) is 34.0 Å². The van der Waals surface area contributed by atoms with Crippen molar-refractivity contribution in [3.63, 3.8) is 0 Å². The van der Waals surface area contributed by atoms with Gasteiger partial charge in [-0.25, -0.2) is 4.79 Å². The maximum Gasteiger partial charge on any atom is 0.342 e. The minimum Gasteiger partial charge on any atom is -0.496 e. The molecule has 2 rings (SSSR count). The van der Waals surface area contributed by atoms with Crippen molar-refractivity contribution in [2.24, 2.45) is 0 Å². The van der Waals surface area contributed by atoms with Gasteiger partial charge in [-0.1, -0.05) is 19.6 Å². The van der Waals surface area contributed by atoms with Crippen LogP contribution in [0.15, 0.2) is 0 Å². The van der Waals surface area contributed by atoms with E-state index in [2.05, 4.69) is 19.6 Å². The van der Waals surface area contributed by atoms with Crippen LogP contribution in [0.2, 0.25) is 25.7 Å². The predicted octanol–water partition coefficient (Wildman–Crippen LogP) is 3.52. The number of hydrogen-bond donors (Lipinski definition) is 0. The molecule has 0 aliphatic carbocycles. The molecule has 1 aromatic rings.